The van der Waals surface area contributed by atoms with Crippen molar-refractivity contribution in [2.45, 2.75) is 13.0 Å². The van der Waals surface area contributed by atoms with Gasteiger partial charge in [-0.3, -0.25) is 9.69 Å². The fourth-order valence-corrected chi connectivity index (χ4v) is 1.52. The number of hydrogen-bond acceptors (Lipinski definition) is 5. The molecule has 0 aromatic heterocycles. The van der Waals surface area contributed by atoms with E-state index in [0.717, 1.165) is 0 Å². The van der Waals surface area contributed by atoms with Crippen molar-refractivity contribution >= 4 is 11.8 Å². The minimum Gasteiger partial charge on any atom is -0.468 e. The number of carbonyl (C=O) groups excluding carboxylic acids is 2. The molecule has 1 unspecified atom stereocenters. The molecule has 1 saturated heterocycles. The number of ketones is 1. The molecule has 0 aromatic rings. The van der Waals surface area contributed by atoms with E-state index >= 15 is 0 Å². The summed E-state index contributed by atoms with van der Waals surface area (Å²) in [5, 5.41) is 0. The van der Waals surface area contributed by atoms with E-state index in [0.29, 0.717) is 26.3 Å². The van der Waals surface area contributed by atoms with E-state index in [-0.39, 0.29) is 5.78 Å². The van der Waals surface area contributed by atoms with Crippen LogP contribution < -0.4 is 0 Å². The number of hydrogen-bond donors (Lipinski definition) is 0. The van der Waals surface area contributed by atoms with E-state index in [4.69, 9.17) is 4.74 Å². The molecule has 0 aromatic carbocycles. The molecule has 0 N–H and O–H groups in total. The molecular weight excluding hydrogens is 186 g/mol. The summed E-state index contributed by atoms with van der Waals surface area (Å²) in [7, 11) is 1.29. The van der Waals surface area contributed by atoms with Crippen LogP contribution in [0.2, 0.25) is 0 Å². The fourth-order valence-electron chi connectivity index (χ4n) is 1.52. The van der Waals surface area contributed by atoms with Gasteiger partial charge in [-0.25, -0.2) is 4.79 Å². The van der Waals surface area contributed by atoms with Crippen LogP contribution in [0.25, 0.3) is 0 Å². The number of morpholine rings is 1. The quantitative estimate of drug-likeness (QED) is 0.453. The number of Topliss-reactive ketones (excluding diaryl/α,β-unsaturated/α-hetero) is 1. The summed E-state index contributed by atoms with van der Waals surface area (Å²) in [5.41, 5.74) is 0. The first-order valence-electron chi connectivity index (χ1n) is 4.57. The maximum atomic E-state index is 11.3. The zero-order valence-corrected chi connectivity index (χ0v) is 8.49. The molecule has 1 rings (SSSR count). The van der Waals surface area contributed by atoms with Gasteiger partial charge >= 0.3 is 5.97 Å². The normalized spacial score (nSPS) is 20.1. The minimum atomic E-state index is -0.760. The van der Waals surface area contributed by atoms with Gasteiger partial charge in [0.1, 0.15) is 0 Å². The van der Waals surface area contributed by atoms with Crippen LogP contribution in [-0.2, 0) is 19.1 Å². The number of rotatable bonds is 3. The number of methoxy groups -OCH3 is 1. The highest BCUT2D eigenvalue weighted by molar-refractivity contribution is 6.01. The van der Waals surface area contributed by atoms with Gasteiger partial charge in [0.2, 0.25) is 0 Å². The Bertz CT molecular complexity index is 223. The molecular formula is C9H15NO4. The molecule has 5 heteroatoms. The van der Waals surface area contributed by atoms with Gasteiger partial charge in [-0.05, 0) is 6.92 Å². The first kappa shape index (κ1) is 11.1. The summed E-state index contributed by atoms with van der Waals surface area (Å²) >= 11 is 0. The van der Waals surface area contributed by atoms with Crippen molar-refractivity contribution in [3.63, 3.8) is 0 Å². The van der Waals surface area contributed by atoms with Gasteiger partial charge in [0.05, 0.1) is 20.3 Å². The zero-order chi connectivity index (χ0) is 10.6. The van der Waals surface area contributed by atoms with E-state index in [9.17, 15) is 9.59 Å². The second kappa shape index (κ2) is 5.07. The summed E-state index contributed by atoms with van der Waals surface area (Å²) < 4.78 is 9.72. The van der Waals surface area contributed by atoms with Gasteiger partial charge in [0.25, 0.3) is 0 Å². The molecule has 5 nitrogen and oxygen atoms in total. The topological polar surface area (TPSA) is 55.8 Å². The van der Waals surface area contributed by atoms with Crippen LogP contribution in [0.5, 0.6) is 0 Å². The Labute approximate surface area is 83.0 Å². The van der Waals surface area contributed by atoms with Crippen molar-refractivity contribution in [2.24, 2.45) is 0 Å². The SMILES string of the molecule is COC(=O)C(C(C)=O)N1CCOCC1. The fraction of sp³-hybridized carbons (Fsp3) is 0.778. The van der Waals surface area contributed by atoms with Crippen molar-refractivity contribution in [2.75, 3.05) is 33.4 Å². The predicted molar refractivity (Wildman–Crippen MR) is 48.9 cm³/mol. The van der Waals surface area contributed by atoms with Gasteiger partial charge in [-0.2, -0.15) is 0 Å². The van der Waals surface area contributed by atoms with E-state index in [1.807, 2.05) is 0 Å². The van der Waals surface area contributed by atoms with E-state index in [2.05, 4.69) is 4.74 Å². The van der Waals surface area contributed by atoms with Crippen LogP contribution >= 0.6 is 0 Å². The maximum Gasteiger partial charge on any atom is 0.330 e. The highest BCUT2D eigenvalue weighted by atomic mass is 16.5. The van der Waals surface area contributed by atoms with Crippen LogP contribution in [0.4, 0.5) is 0 Å². The van der Waals surface area contributed by atoms with Gasteiger partial charge in [-0.1, -0.05) is 0 Å². The van der Waals surface area contributed by atoms with Crippen molar-refractivity contribution in [1.29, 1.82) is 0 Å². The first-order chi connectivity index (χ1) is 6.66. The first-order valence-corrected chi connectivity index (χ1v) is 4.57. The third-order valence-electron chi connectivity index (χ3n) is 2.22. The lowest BCUT2D eigenvalue weighted by atomic mass is 10.1. The predicted octanol–water partition coefficient (Wildman–Crippen LogP) is -0.551. The Balaban J connectivity index is 2.65. The average Bonchev–Trinajstić information content (AvgIpc) is 2.19. The molecule has 1 aliphatic heterocycles. The lowest BCUT2D eigenvalue weighted by Gasteiger charge is -2.30. The summed E-state index contributed by atoms with van der Waals surface area (Å²) in [4.78, 5) is 24.4. The standard InChI is InChI=1S/C9H15NO4/c1-7(11)8(9(12)13-2)10-3-5-14-6-4-10/h8H,3-6H2,1-2H3. The van der Waals surface area contributed by atoms with Gasteiger partial charge < -0.3 is 9.47 Å². The Morgan fingerprint density at radius 1 is 1.36 bits per heavy atom. The van der Waals surface area contributed by atoms with Gasteiger partial charge in [-0.15, -0.1) is 0 Å². The number of nitrogens with zero attached hydrogens (tertiary/aromatic N) is 1. The summed E-state index contributed by atoms with van der Waals surface area (Å²) in [6.07, 6.45) is 0. The molecule has 1 heterocycles. The zero-order valence-electron chi connectivity index (χ0n) is 8.49. The van der Waals surface area contributed by atoms with Crippen LogP contribution in [0, 0.1) is 0 Å². The minimum absolute atomic E-state index is 0.182. The van der Waals surface area contributed by atoms with Crippen LogP contribution in [-0.4, -0.2) is 56.1 Å². The molecule has 0 amide bonds. The Hall–Kier alpha value is -0.940. The summed E-state index contributed by atoms with van der Waals surface area (Å²) in [5.74, 6) is -0.668. The molecule has 14 heavy (non-hydrogen) atoms. The Morgan fingerprint density at radius 2 is 1.93 bits per heavy atom. The highest BCUT2D eigenvalue weighted by Gasteiger charge is 2.31. The van der Waals surface area contributed by atoms with Crippen molar-refractivity contribution in [1.82, 2.24) is 4.90 Å². The highest BCUT2D eigenvalue weighted by Crippen LogP contribution is 2.06. The number of ether oxygens (including phenoxy) is 2. The molecule has 0 aliphatic carbocycles. The Morgan fingerprint density at radius 3 is 2.36 bits per heavy atom. The third kappa shape index (κ3) is 2.52. The summed E-state index contributed by atoms with van der Waals surface area (Å²) in [6.45, 7) is 3.71. The van der Waals surface area contributed by atoms with Crippen molar-refractivity contribution < 1.29 is 19.1 Å². The average molecular weight is 201 g/mol. The number of esters is 1. The third-order valence-corrected chi connectivity index (χ3v) is 2.22. The molecule has 80 valence electrons. The van der Waals surface area contributed by atoms with Crippen molar-refractivity contribution in [3.05, 3.63) is 0 Å². The molecule has 1 fully saturated rings. The smallest absolute Gasteiger partial charge is 0.330 e. The van der Waals surface area contributed by atoms with Gasteiger partial charge in [0.15, 0.2) is 11.8 Å². The second-order valence-corrected chi connectivity index (χ2v) is 3.18. The lowest BCUT2D eigenvalue weighted by molar-refractivity contribution is -0.152. The molecule has 0 radical (unpaired) electrons. The Kier molecular flexibility index (Phi) is 4.03. The largest absolute Gasteiger partial charge is 0.468 e. The molecule has 0 spiro atoms. The maximum absolute atomic E-state index is 11.3. The van der Waals surface area contributed by atoms with E-state index < -0.39 is 12.0 Å². The molecule has 1 aliphatic rings. The van der Waals surface area contributed by atoms with E-state index in [1.54, 1.807) is 4.90 Å². The second-order valence-electron chi connectivity index (χ2n) is 3.18. The lowest BCUT2D eigenvalue weighted by Crippen LogP contribution is -2.51. The number of carbonyl (C=O) groups is 2. The van der Waals surface area contributed by atoms with Gasteiger partial charge in [0, 0.05) is 13.1 Å². The van der Waals surface area contributed by atoms with Crippen LogP contribution in [0.15, 0.2) is 0 Å². The molecule has 0 bridgehead atoms. The van der Waals surface area contributed by atoms with E-state index in [1.165, 1.54) is 14.0 Å². The van der Waals surface area contributed by atoms with Crippen LogP contribution in [0.3, 0.4) is 0 Å². The van der Waals surface area contributed by atoms with Crippen LogP contribution in [0.1, 0.15) is 6.92 Å². The molecule has 0 saturated carbocycles. The van der Waals surface area contributed by atoms with Crippen molar-refractivity contribution in [3.8, 4) is 0 Å². The molecule has 1 atom stereocenters. The monoisotopic (exact) mass is 201 g/mol. The summed E-state index contributed by atoms with van der Waals surface area (Å²) in [6, 6.07) is -0.760.